The summed E-state index contributed by atoms with van der Waals surface area (Å²) in [6.45, 7) is 0. The van der Waals surface area contributed by atoms with Crippen LogP contribution in [-0.4, -0.2) is 19.2 Å². The van der Waals surface area contributed by atoms with Gasteiger partial charge in [0.25, 0.3) is 15.9 Å². The minimum atomic E-state index is -4.10. The van der Waals surface area contributed by atoms with Crippen molar-refractivity contribution < 1.29 is 22.5 Å². The number of carbonyl (C=O) groups excluding carboxylic acids is 1. The Morgan fingerprint density at radius 3 is 2.56 bits per heavy atom. The molecule has 0 aliphatic carbocycles. The summed E-state index contributed by atoms with van der Waals surface area (Å²) in [6.07, 6.45) is 0. The van der Waals surface area contributed by atoms with E-state index in [0.717, 1.165) is 6.07 Å². The number of halogens is 1. The molecule has 16 heavy (non-hydrogen) atoms. The van der Waals surface area contributed by atoms with Gasteiger partial charge >= 0.3 is 5.69 Å². The van der Waals surface area contributed by atoms with E-state index < -0.39 is 42.8 Å². The van der Waals surface area contributed by atoms with Crippen LogP contribution in [0.1, 0.15) is 10.4 Å². The zero-order chi connectivity index (χ0) is 12.1. The van der Waals surface area contributed by atoms with Gasteiger partial charge in [-0.2, -0.15) is 4.39 Å². The van der Waals surface area contributed by atoms with Crippen LogP contribution >= 0.6 is 0 Å². The first-order valence-electron chi connectivity index (χ1n) is 3.88. The van der Waals surface area contributed by atoms with Crippen molar-refractivity contribution in [2.24, 2.45) is 0 Å². The lowest BCUT2D eigenvalue weighted by molar-refractivity contribution is -0.388. The monoisotopic (exact) mass is 246 g/mol. The Hall–Kier alpha value is -2.03. The zero-order valence-corrected chi connectivity index (χ0v) is 8.25. The highest BCUT2D eigenvalue weighted by Crippen LogP contribution is 2.32. The molecule has 0 spiro atoms. The molecule has 2 rings (SSSR count). The molecule has 1 aliphatic rings. The van der Waals surface area contributed by atoms with Crippen LogP contribution in [0.25, 0.3) is 0 Å². The van der Waals surface area contributed by atoms with Crippen LogP contribution < -0.4 is 4.72 Å². The Kier molecular flexibility index (Phi) is 1.95. The second kappa shape index (κ2) is 2.98. The van der Waals surface area contributed by atoms with Gasteiger partial charge < -0.3 is 0 Å². The summed E-state index contributed by atoms with van der Waals surface area (Å²) < 4.78 is 37.2. The van der Waals surface area contributed by atoms with E-state index in [1.54, 1.807) is 4.72 Å². The molecule has 0 saturated carbocycles. The van der Waals surface area contributed by atoms with Gasteiger partial charge in [-0.15, -0.1) is 0 Å². The topological polar surface area (TPSA) is 106 Å². The number of nitrogens with zero attached hydrogens (tertiary/aromatic N) is 1. The SMILES string of the molecule is O=C1NS(=O)(=O)c2ccc(F)c([N+](=O)[O-])c21. The van der Waals surface area contributed by atoms with Crippen LogP contribution in [-0.2, 0) is 10.0 Å². The average molecular weight is 246 g/mol. The third-order valence-corrected chi connectivity index (χ3v) is 3.39. The normalized spacial score (nSPS) is 16.7. The molecule has 0 saturated heterocycles. The number of rotatable bonds is 1. The van der Waals surface area contributed by atoms with Crippen LogP contribution in [0.2, 0.25) is 0 Å². The van der Waals surface area contributed by atoms with Gasteiger partial charge in [-0.3, -0.25) is 14.9 Å². The smallest absolute Gasteiger partial charge is 0.268 e. The first kappa shape index (κ1) is 10.5. The third kappa shape index (κ3) is 1.25. The van der Waals surface area contributed by atoms with Gasteiger partial charge in [0.05, 0.1) is 4.92 Å². The number of benzene rings is 1. The van der Waals surface area contributed by atoms with E-state index in [-0.39, 0.29) is 0 Å². The summed E-state index contributed by atoms with van der Waals surface area (Å²) in [7, 11) is -4.10. The second-order valence-corrected chi connectivity index (χ2v) is 4.61. The molecule has 1 aromatic rings. The fraction of sp³-hybridized carbons (Fsp3) is 0. The average Bonchev–Trinajstić information content (AvgIpc) is 2.36. The number of carbonyl (C=O) groups is 1. The predicted octanol–water partition coefficient (Wildman–Crippen LogP) is 0.166. The molecule has 0 aromatic heterocycles. The molecule has 1 N–H and O–H groups in total. The molecule has 0 unspecified atom stereocenters. The molecule has 7 nitrogen and oxygen atoms in total. The lowest BCUT2D eigenvalue weighted by Crippen LogP contribution is -2.21. The van der Waals surface area contributed by atoms with Gasteiger partial charge in [0.15, 0.2) is 0 Å². The maximum Gasteiger partial charge on any atom is 0.318 e. The Morgan fingerprint density at radius 2 is 2.00 bits per heavy atom. The standard InChI is InChI=1S/C7H3FN2O5S/c8-3-1-2-4-5(6(3)10(12)13)7(11)9-16(4,14)15/h1-2H,(H,9,11). The molecular weight excluding hydrogens is 243 g/mol. The number of nitro groups is 1. The van der Waals surface area contributed by atoms with Gasteiger partial charge in [-0.05, 0) is 12.1 Å². The Morgan fingerprint density at radius 1 is 1.38 bits per heavy atom. The number of hydrogen-bond acceptors (Lipinski definition) is 5. The highest BCUT2D eigenvalue weighted by molar-refractivity contribution is 7.90. The fourth-order valence-electron chi connectivity index (χ4n) is 1.40. The van der Waals surface area contributed by atoms with E-state index >= 15 is 0 Å². The van der Waals surface area contributed by atoms with E-state index in [0.29, 0.717) is 6.07 Å². The molecule has 0 bridgehead atoms. The van der Waals surface area contributed by atoms with Crippen molar-refractivity contribution in [1.82, 2.24) is 4.72 Å². The van der Waals surface area contributed by atoms with Crippen LogP contribution in [0, 0.1) is 15.9 Å². The van der Waals surface area contributed by atoms with Crippen molar-refractivity contribution in [3.05, 3.63) is 33.6 Å². The maximum absolute atomic E-state index is 13.1. The van der Waals surface area contributed by atoms with Crippen LogP contribution in [0.15, 0.2) is 17.0 Å². The van der Waals surface area contributed by atoms with Crippen LogP contribution in [0.4, 0.5) is 10.1 Å². The van der Waals surface area contributed by atoms with Crippen molar-refractivity contribution in [3.63, 3.8) is 0 Å². The van der Waals surface area contributed by atoms with Crippen molar-refractivity contribution in [3.8, 4) is 0 Å². The molecule has 0 fully saturated rings. The summed E-state index contributed by atoms with van der Waals surface area (Å²) in [5, 5.41) is 10.5. The minimum Gasteiger partial charge on any atom is -0.268 e. The number of hydrogen-bond donors (Lipinski definition) is 1. The van der Waals surface area contributed by atoms with Gasteiger partial charge in [0.1, 0.15) is 10.5 Å². The van der Waals surface area contributed by atoms with E-state index in [9.17, 15) is 27.7 Å². The first-order chi connectivity index (χ1) is 7.34. The van der Waals surface area contributed by atoms with E-state index in [1.165, 1.54) is 0 Å². The Labute approximate surface area is 88.1 Å². The summed E-state index contributed by atoms with van der Waals surface area (Å²) in [5.74, 6) is -2.45. The third-order valence-electron chi connectivity index (χ3n) is 2.02. The van der Waals surface area contributed by atoms with E-state index in [2.05, 4.69) is 0 Å². The molecule has 9 heteroatoms. The van der Waals surface area contributed by atoms with Gasteiger partial charge in [-0.25, -0.2) is 13.1 Å². The van der Waals surface area contributed by atoms with Crippen LogP contribution in [0.5, 0.6) is 0 Å². The molecule has 1 amide bonds. The first-order valence-corrected chi connectivity index (χ1v) is 5.37. The number of nitrogens with one attached hydrogen (secondary N) is 1. The molecule has 84 valence electrons. The van der Waals surface area contributed by atoms with Crippen LogP contribution in [0.3, 0.4) is 0 Å². The quantitative estimate of drug-likeness (QED) is 0.561. The number of sulfonamides is 1. The molecule has 0 atom stereocenters. The minimum absolute atomic E-state index is 0.578. The molecule has 0 radical (unpaired) electrons. The van der Waals surface area contributed by atoms with Crippen molar-refractivity contribution in [2.45, 2.75) is 4.90 Å². The summed E-state index contributed by atoms with van der Waals surface area (Å²) >= 11 is 0. The summed E-state index contributed by atoms with van der Waals surface area (Å²) in [4.78, 5) is 20.0. The molecule has 1 aliphatic heterocycles. The van der Waals surface area contributed by atoms with Gasteiger partial charge in [0.2, 0.25) is 5.82 Å². The lowest BCUT2D eigenvalue weighted by Gasteiger charge is -1.97. The fourth-order valence-corrected chi connectivity index (χ4v) is 2.56. The summed E-state index contributed by atoms with van der Waals surface area (Å²) in [5.41, 5.74) is -1.89. The zero-order valence-electron chi connectivity index (χ0n) is 7.43. The highest BCUT2D eigenvalue weighted by Gasteiger charge is 2.40. The molecule has 1 heterocycles. The van der Waals surface area contributed by atoms with E-state index in [1.807, 2.05) is 0 Å². The van der Waals surface area contributed by atoms with Crippen molar-refractivity contribution >= 4 is 21.6 Å². The van der Waals surface area contributed by atoms with Crippen molar-refractivity contribution in [2.75, 3.05) is 0 Å². The van der Waals surface area contributed by atoms with E-state index in [4.69, 9.17) is 0 Å². The Balaban J connectivity index is 2.91. The predicted molar refractivity (Wildman–Crippen MR) is 47.7 cm³/mol. The van der Waals surface area contributed by atoms with Gasteiger partial charge in [-0.1, -0.05) is 0 Å². The summed E-state index contributed by atoms with van der Waals surface area (Å²) in [6, 6.07) is 1.44. The highest BCUT2D eigenvalue weighted by atomic mass is 32.2. The molecular formula is C7H3FN2O5S. The van der Waals surface area contributed by atoms with Gasteiger partial charge in [0, 0.05) is 0 Å². The lowest BCUT2D eigenvalue weighted by atomic mass is 10.1. The maximum atomic E-state index is 13.1. The number of fused-ring (bicyclic) bond motifs is 1. The molecule has 1 aromatic carbocycles. The number of amides is 1. The van der Waals surface area contributed by atoms with Crippen molar-refractivity contribution in [1.29, 1.82) is 0 Å². The number of nitro benzene ring substituents is 1. The largest absolute Gasteiger partial charge is 0.318 e. The second-order valence-electron chi connectivity index (χ2n) is 2.96. The Bertz CT molecular complexity index is 624.